The summed E-state index contributed by atoms with van der Waals surface area (Å²) in [7, 11) is -3.75. The molecular formula is C26H36BrN3O4S. The van der Waals surface area contributed by atoms with Crippen LogP contribution in [-0.2, 0) is 26.2 Å². The number of benzene rings is 2. The van der Waals surface area contributed by atoms with E-state index in [0.29, 0.717) is 11.6 Å². The molecule has 2 aromatic rings. The summed E-state index contributed by atoms with van der Waals surface area (Å²) >= 11 is 3.40. The van der Waals surface area contributed by atoms with E-state index in [1.807, 2.05) is 50.2 Å². The van der Waals surface area contributed by atoms with Crippen LogP contribution >= 0.6 is 15.9 Å². The minimum atomic E-state index is -3.75. The van der Waals surface area contributed by atoms with Crippen LogP contribution in [0.5, 0.6) is 0 Å². The molecule has 192 valence electrons. The first-order chi connectivity index (χ1) is 16.3. The van der Waals surface area contributed by atoms with Crippen LogP contribution in [0.15, 0.2) is 53.0 Å². The third-order valence-corrected chi connectivity index (χ3v) is 7.63. The summed E-state index contributed by atoms with van der Waals surface area (Å²) in [5, 5.41) is 2.92. The van der Waals surface area contributed by atoms with E-state index in [0.717, 1.165) is 32.6 Å². The molecule has 0 fully saturated rings. The first kappa shape index (κ1) is 28.8. The predicted molar refractivity (Wildman–Crippen MR) is 145 cm³/mol. The summed E-state index contributed by atoms with van der Waals surface area (Å²) in [6, 6.07) is 13.8. The molecule has 7 nitrogen and oxygen atoms in total. The molecular weight excluding hydrogens is 530 g/mol. The van der Waals surface area contributed by atoms with Crippen LogP contribution in [0.1, 0.15) is 58.1 Å². The zero-order chi connectivity index (χ0) is 26.3. The van der Waals surface area contributed by atoms with Crippen LogP contribution in [-0.4, -0.2) is 50.0 Å². The fourth-order valence-corrected chi connectivity index (χ4v) is 4.59. The molecule has 1 N–H and O–H groups in total. The molecule has 35 heavy (non-hydrogen) atoms. The van der Waals surface area contributed by atoms with Crippen molar-refractivity contribution < 1.29 is 18.0 Å². The molecule has 2 rings (SSSR count). The Morgan fingerprint density at radius 1 is 0.971 bits per heavy atom. The van der Waals surface area contributed by atoms with Gasteiger partial charge in [-0.3, -0.25) is 13.9 Å². The van der Waals surface area contributed by atoms with Gasteiger partial charge in [-0.25, -0.2) is 8.42 Å². The highest BCUT2D eigenvalue weighted by molar-refractivity contribution is 9.10. The highest BCUT2D eigenvalue weighted by Gasteiger charge is 2.30. The topological polar surface area (TPSA) is 86.8 Å². The fraction of sp³-hybridized carbons (Fsp3) is 0.462. The molecule has 9 heteroatoms. The van der Waals surface area contributed by atoms with E-state index < -0.39 is 28.5 Å². The Bertz CT molecular complexity index is 1100. The van der Waals surface area contributed by atoms with Gasteiger partial charge in [-0.15, -0.1) is 0 Å². The number of amides is 2. The van der Waals surface area contributed by atoms with E-state index in [2.05, 4.69) is 35.1 Å². The minimum Gasteiger partial charge on any atom is -0.352 e. The van der Waals surface area contributed by atoms with Crippen molar-refractivity contribution in [2.45, 2.75) is 65.6 Å². The number of carbonyl (C=O) groups is 2. The average Bonchev–Trinajstić information content (AvgIpc) is 2.80. The van der Waals surface area contributed by atoms with Gasteiger partial charge in [-0.05, 0) is 61.6 Å². The normalized spacial score (nSPS) is 13.3. The van der Waals surface area contributed by atoms with E-state index in [4.69, 9.17) is 0 Å². The molecule has 0 aromatic heterocycles. The van der Waals surface area contributed by atoms with Crippen molar-refractivity contribution in [1.82, 2.24) is 10.2 Å². The van der Waals surface area contributed by atoms with Crippen LogP contribution in [0.4, 0.5) is 5.69 Å². The van der Waals surface area contributed by atoms with Crippen molar-refractivity contribution in [2.75, 3.05) is 17.1 Å². The Kier molecular flexibility index (Phi) is 10.3. The number of sulfonamides is 1. The van der Waals surface area contributed by atoms with Gasteiger partial charge in [0.25, 0.3) is 0 Å². The SMILES string of the molecule is CC[C@H](C)NC(=O)[C@H](C)N(Cc1ccc(Br)cc1)C(=O)CN(c1ccc(C(C)C)cc1)S(C)(=O)=O. The third-order valence-electron chi connectivity index (χ3n) is 5.96. The second-order valence-electron chi connectivity index (χ2n) is 9.16. The molecule has 0 aliphatic carbocycles. The Morgan fingerprint density at radius 2 is 1.54 bits per heavy atom. The highest BCUT2D eigenvalue weighted by atomic mass is 79.9. The van der Waals surface area contributed by atoms with Crippen LogP contribution in [0, 0.1) is 0 Å². The van der Waals surface area contributed by atoms with Crippen molar-refractivity contribution in [3.63, 3.8) is 0 Å². The van der Waals surface area contributed by atoms with Gasteiger partial charge >= 0.3 is 0 Å². The molecule has 0 aliphatic heterocycles. The van der Waals surface area contributed by atoms with E-state index in [1.54, 1.807) is 19.1 Å². The number of hydrogen-bond donors (Lipinski definition) is 1. The second-order valence-corrected chi connectivity index (χ2v) is 12.0. The summed E-state index contributed by atoms with van der Waals surface area (Å²) < 4.78 is 27.3. The molecule has 0 bridgehead atoms. The average molecular weight is 567 g/mol. The number of carbonyl (C=O) groups excluding carboxylic acids is 2. The lowest BCUT2D eigenvalue weighted by molar-refractivity contribution is -0.139. The highest BCUT2D eigenvalue weighted by Crippen LogP contribution is 2.23. The van der Waals surface area contributed by atoms with Crippen molar-refractivity contribution in [1.29, 1.82) is 0 Å². The van der Waals surface area contributed by atoms with Gasteiger partial charge in [0.05, 0.1) is 11.9 Å². The van der Waals surface area contributed by atoms with Gasteiger partial charge in [-0.2, -0.15) is 0 Å². The summed E-state index contributed by atoms with van der Waals surface area (Å²) in [6.07, 6.45) is 1.84. The zero-order valence-electron chi connectivity index (χ0n) is 21.3. The lowest BCUT2D eigenvalue weighted by atomic mass is 10.0. The van der Waals surface area contributed by atoms with Crippen LogP contribution in [0.2, 0.25) is 0 Å². The van der Waals surface area contributed by atoms with Crippen LogP contribution < -0.4 is 9.62 Å². The molecule has 2 aromatic carbocycles. The lowest BCUT2D eigenvalue weighted by Crippen LogP contribution is -2.52. The molecule has 2 atom stereocenters. The maximum Gasteiger partial charge on any atom is 0.244 e. The minimum absolute atomic E-state index is 0.0402. The molecule has 2 amide bonds. The van der Waals surface area contributed by atoms with Crippen LogP contribution in [0.3, 0.4) is 0 Å². The Labute approximate surface area is 218 Å². The summed E-state index contributed by atoms with van der Waals surface area (Å²) in [6.45, 7) is 9.41. The second kappa shape index (κ2) is 12.5. The maximum absolute atomic E-state index is 13.6. The molecule has 0 spiro atoms. The van der Waals surface area contributed by atoms with Crippen LogP contribution in [0.25, 0.3) is 0 Å². The lowest BCUT2D eigenvalue weighted by Gasteiger charge is -2.32. The molecule has 0 heterocycles. The van der Waals surface area contributed by atoms with Gasteiger partial charge in [0.15, 0.2) is 0 Å². The number of anilines is 1. The smallest absolute Gasteiger partial charge is 0.244 e. The van der Waals surface area contributed by atoms with E-state index in [-0.39, 0.29) is 18.5 Å². The first-order valence-electron chi connectivity index (χ1n) is 11.7. The van der Waals surface area contributed by atoms with Gasteiger partial charge in [0.2, 0.25) is 21.8 Å². The molecule has 0 unspecified atom stereocenters. The Hall–Kier alpha value is -2.39. The predicted octanol–water partition coefficient (Wildman–Crippen LogP) is 4.67. The summed E-state index contributed by atoms with van der Waals surface area (Å²) in [5.74, 6) is -0.446. The fourth-order valence-electron chi connectivity index (χ4n) is 3.47. The van der Waals surface area contributed by atoms with Crippen molar-refractivity contribution >= 4 is 43.5 Å². The van der Waals surface area contributed by atoms with Crippen molar-refractivity contribution in [2.24, 2.45) is 0 Å². The van der Waals surface area contributed by atoms with E-state index in [9.17, 15) is 18.0 Å². The number of hydrogen-bond acceptors (Lipinski definition) is 4. The van der Waals surface area contributed by atoms with Gasteiger partial charge in [0, 0.05) is 17.1 Å². The number of nitrogens with zero attached hydrogens (tertiary/aromatic N) is 2. The Balaban J connectivity index is 2.37. The molecule has 0 aliphatic rings. The van der Waals surface area contributed by atoms with E-state index in [1.165, 1.54) is 4.90 Å². The quantitative estimate of drug-likeness (QED) is 0.429. The summed E-state index contributed by atoms with van der Waals surface area (Å²) in [4.78, 5) is 27.9. The number of rotatable bonds is 11. The van der Waals surface area contributed by atoms with Gasteiger partial charge < -0.3 is 10.2 Å². The zero-order valence-corrected chi connectivity index (χ0v) is 23.7. The van der Waals surface area contributed by atoms with Crippen molar-refractivity contribution in [3.05, 3.63) is 64.1 Å². The number of nitrogens with one attached hydrogen (secondary N) is 1. The molecule has 0 radical (unpaired) electrons. The maximum atomic E-state index is 13.6. The largest absolute Gasteiger partial charge is 0.352 e. The molecule has 0 saturated heterocycles. The third kappa shape index (κ3) is 8.35. The number of halogens is 1. The standard InChI is InChI=1S/C26H36BrN3O4S/c1-7-19(4)28-26(32)20(5)29(16-21-8-12-23(27)13-9-21)25(31)17-30(35(6,33)34)24-14-10-22(11-15-24)18(2)3/h8-15,18-20H,7,16-17H2,1-6H3,(H,28,32)/t19-,20-/m0/s1. The van der Waals surface area contributed by atoms with Gasteiger partial charge in [-0.1, -0.05) is 61.0 Å². The Morgan fingerprint density at radius 3 is 2.03 bits per heavy atom. The summed E-state index contributed by atoms with van der Waals surface area (Å²) in [5.41, 5.74) is 2.31. The first-order valence-corrected chi connectivity index (χ1v) is 14.4. The molecule has 0 saturated carbocycles. The monoisotopic (exact) mass is 565 g/mol. The van der Waals surface area contributed by atoms with Gasteiger partial charge in [0.1, 0.15) is 12.6 Å². The van der Waals surface area contributed by atoms with Crippen molar-refractivity contribution in [3.8, 4) is 0 Å². The van der Waals surface area contributed by atoms with E-state index >= 15 is 0 Å².